The second-order valence-electron chi connectivity index (χ2n) is 5.23. The summed E-state index contributed by atoms with van der Waals surface area (Å²) in [5.74, 6) is -0.344. The summed E-state index contributed by atoms with van der Waals surface area (Å²) in [6.45, 7) is 0.743. The lowest BCUT2D eigenvalue weighted by molar-refractivity contribution is 0.0592. The highest BCUT2D eigenvalue weighted by Gasteiger charge is 2.15. The predicted molar refractivity (Wildman–Crippen MR) is 75.6 cm³/mol. The number of carbonyl (C=O) groups excluding carboxylic acids is 1. The number of rotatable bonds is 4. The van der Waals surface area contributed by atoms with Crippen LogP contribution in [-0.2, 0) is 11.3 Å². The van der Waals surface area contributed by atoms with Crippen molar-refractivity contribution in [3.8, 4) is 0 Å². The molecular formula is C15H19N3O2. The predicted octanol–water partition coefficient (Wildman–Crippen LogP) is 2.15. The summed E-state index contributed by atoms with van der Waals surface area (Å²) >= 11 is 0. The van der Waals surface area contributed by atoms with Gasteiger partial charge in [-0.3, -0.25) is 4.40 Å². The maximum Gasteiger partial charge on any atom is 0.355 e. The molecule has 1 fully saturated rings. The van der Waals surface area contributed by atoms with Gasteiger partial charge in [0.15, 0.2) is 0 Å². The fraction of sp³-hybridized carbons (Fsp3) is 0.467. The molecule has 1 saturated carbocycles. The molecule has 1 aliphatic rings. The van der Waals surface area contributed by atoms with Crippen molar-refractivity contribution in [2.45, 2.75) is 38.3 Å². The van der Waals surface area contributed by atoms with Crippen LogP contribution in [0.3, 0.4) is 0 Å². The summed E-state index contributed by atoms with van der Waals surface area (Å²) in [6, 6.07) is 6.07. The Hall–Kier alpha value is -1.88. The number of nitrogens with one attached hydrogen (secondary N) is 1. The normalized spacial score (nSPS) is 15.8. The third-order valence-corrected chi connectivity index (χ3v) is 3.86. The number of fused-ring (bicyclic) bond motifs is 1. The Morgan fingerprint density at radius 1 is 1.45 bits per heavy atom. The van der Waals surface area contributed by atoms with Crippen molar-refractivity contribution in [2.75, 3.05) is 7.11 Å². The number of hydrogen-bond donors (Lipinski definition) is 1. The molecule has 0 bridgehead atoms. The number of methoxy groups -OCH3 is 1. The minimum absolute atomic E-state index is 0.344. The quantitative estimate of drug-likeness (QED) is 0.867. The van der Waals surface area contributed by atoms with Gasteiger partial charge in [0.25, 0.3) is 0 Å². The molecule has 106 valence electrons. The van der Waals surface area contributed by atoms with E-state index in [0.717, 1.165) is 17.9 Å². The number of nitrogens with zero attached hydrogens (tertiary/aromatic N) is 2. The van der Waals surface area contributed by atoms with Gasteiger partial charge in [-0.05, 0) is 25.0 Å². The van der Waals surface area contributed by atoms with Gasteiger partial charge in [-0.1, -0.05) is 18.9 Å². The minimum atomic E-state index is -0.344. The van der Waals surface area contributed by atoms with Crippen LogP contribution >= 0.6 is 0 Å². The van der Waals surface area contributed by atoms with Crippen LogP contribution in [0.2, 0.25) is 0 Å². The van der Waals surface area contributed by atoms with E-state index in [1.54, 1.807) is 10.5 Å². The van der Waals surface area contributed by atoms with Crippen LogP contribution in [0.25, 0.3) is 5.65 Å². The lowest BCUT2D eigenvalue weighted by Crippen LogP contribution is -2.25. The summed E-state index contributed by atoms with van der Waals surface area (Å²) in [5.41, 5.74) is 2.23. The standard InChI is InChI=1S/C15H19N3O2/c1-20-15(19)13-7-4-8-14-17-12(10-18(13)14)9-16-11-5-2-3-6-11/h4,7-8,10-11,16H,2-3,5-6,9H2,1H3. The van der Waals surface area contributed by atoms with Crippen LogP contribution < -0.4 is 5.32 Å². The summed E-state index contributed by atoms with van der Waals surface area (Å²) in [6.07, 6.45) is 7.04. The number of carbonyl (C=O) groups is 1. The fourth-order valence-corrected chi connectivity index (χ4v) is 2.80. The first-order valence-corrected chi connectivity index (χ1v) is 7.06. The largest absolute Gasteiger partial charge is 0.464 e. The number of ether oxygens (including phenoxy) is 1. The molecule has 0 radical (unpaired) electrons. The number of aromatic nitrogens is 2. The van der Waals surface area contributed by atoms with Crippen LogP contribution in [0, 0.1) is 0 Å². The molecule has 3 rings (SSSR count). The van der Waals surface area contributed by atoms with E-state index in [4.69, 9.17) is 4.74 Å². The monoisotopic (exact) mass is 273 g/mol. The zero-order chi connectivity index (χ0) is 13.9. The number of pyridine rings is 1. The Morgan fingerprint density at radius 3 is 3.00 bits per heavy atom. The average molecular weight is 273 g/mol. The van der Waals surface area contributed by atoms with Gasteiger partial charge in [-0.15, -0.1) is 0 Å². The van der Waals surface area contributed by atoms with Gasteiger partial charge in [0.2, 0.25) is 0 Å². The highest BCUT2D eigenvalue weighted by molar-refractivity contribution is 5.88. The molecule has 2 aromatic rings. The van der Waals surface area contributed by atoms with Gasteiger partial charge in [-0.25, -0.2) is 9.78 Å². The van der Waals surface area contributed by atoms with Gasteiger partial charge in [0.1, 0.15) is 11.3 Å². The van der Waals surface area contributed by atoms with E-state index in [0.29, 0.717) is 11.7 Å². The van der Waals surface area contributed by atoms with Crippen molar-refractivity contribution < 1.29 is 9.53 Å². The molecule has 2 heterocycles. The van der Waals surface area contributed by atoms with Crippen molar-refractivity contribution in [1.82, 2.24) is 14.7 Å². The lowest BCUT2D eigenvalue weighted by atomic mass is 10.2. The molecule has 0 atom stereocenters. The lowest BCUT2D eigenvalue weighted by Gasteiger charge is -2.09. The van der Waals surface area contributed by atoms with Crippen LogP contribution in [0.15, 0.2) is 24.4 Å². The maximum atomic E-state index is 11.7. The van der Waals surface area contributed by atoms with Crippen LogP contribution in [0.4, 0.5) is 0 Å². The fourth-order valence-electron chi connectivity index (χ4n) is 2.80. The molecule has 1 N–H and O–H groups in total. The Bertz CT molecular complexity index is 615. The van der Waals surface area contributed by atoms with Gasteiger partial charge in [-0.2, -0.15) is 0 Å². The first-order chi connectivity index (χ1) is 9.78. The molecule has 20 heavy (non-hydrogen) atoms. The first-order valence-electron chi connectivity index (χ1n) is 7.06. The van der Waals surface area contributed by atoms with E-state index in [-0.39, 0.29) is 5.97 Å². The molecule has 0 spiro atoms. The third kappa shape index (κ3) is 2.54. The van der Waals surface area contributed by atoms with Crippen LogP contribution in [0.1, 0.15) is 41.9 Å². The Labute approximate surface area is 118 Å². The van der Waals surface area contributed by atoms with E-state index < -0.39 is 0 Å². The van der Waals surface area contributed by atoms with E-state index >= 15 is 0 Å². The minimum Gasteiger partial charge on any atom is -0.464 e. The smallest absolute Gasteiger partial charge is 0.355 e. The third-order valence-electron chi connectivity index (χ3n) is 3.86. The van der Waals surface area contributed by atoms with Crippen molar-refractivity contribution >= 4 is 11.6 Å². The van der Waals surface area contributed by atoms with Crippen molar-refractivity contribution in [3.05, 3.63) is 35.8 Å². The second kappa shape index (κ2) is 5.63. The Morgan fingerprint density at radius 2 is 2.25 bits per heavy atom. The van der Waals surface area contributed by atoms with Gasteiger partial charge in [0, 0.05) is 18.8 Å². The molecule has 0 amide bonds. The van der Waals surface area contributed by atoms with Gasteiger partial charge >= 0.3 is 5.97 Å². The topological polar surface area (TPSA) is 55.6 Å². The van der Waals surface area contributed by atoms with Crippen LogP contribution in [0.5, 0.6) is 0 Å². The Kier molecular flexibility index (Phi) is 3.69. The average Bonchev–Trinajstić information content (AvgIpc) is 3.12. The summed E-state index contributed by atoms with van der Waals surface area (Å²) in [5, 5.41) is 3.53. The zero-order valence-electron chi connectivity index (χ0n) is 11.6. The number of imidazole rings is 1. The molecule has 0 unspecified atom stereocenters. The molecule has 1 aliphatic carbocycles. The second-order valence-corrected chi connectivity index (χ2v) is 5.23. The molecule has 0 aliphatic heterocycles. The molecule has 2 aromatic heterocycles. The summed E-state index contributed by atoms with van der Waals surface area (Å²) < 4.78 is 6.58. The van der Waals surface area contributed by atoms with Crippen molar-refractivity contribution in [3.63, 3.8) is 0 Å². The SMILES string of the molecule is COC(=O)c1cccc2nc(CNC3CCCC3)cn12. The van der Waals surface area contributed by atoms with E-state index in [1.165, 1.54) is 32.8 Å². The van der Waals surface area contributed by atoms with Crippen molar-refractivity contribution in [1.29, 1.82) is 0 Å². The zero-order valence-corrected chi connectivity index (χ0v) is 11.6. The molecule has 5 nitrogen and oxygen atoms in total. The molecule has 0 aromatic carbocycles. The molecule has 5 heteroatoms. The van der Waals surface area contributed by atoms with Gasteiger partial charge < -0.3 is 10.1 Å². The highest BCUT2D eigenvalue weighted by atomic mass is 16.5. The Balaban J connectivity index is 1.80. The maximum absolute atomic E-state index is 11.7. The summed E-state index contributed by atoms with van der Waals surface area (Å²) in [4.78, 5) is 16.3. The number of esters is 1. The van der Waals surface area contributed by atoms with E-state index in [1.807, 2.05) is 18.3 Å². The highest BCUT2D eigenvalue weighted by Crippen LogP contribution is 2.18. The summed E-state index contributed by atoms with van der Waals surface area (Å²) in [7, 11) is 1.39. The van der Waals surface area contributed by atoms with Crippen LogP contribution in [-0.4, -0.2) is 28.5 Å². The number of hydrogen-bond acceptors (Lipinski definition) is 4. The first kappa shape index (κ1) is 13.1. The van der Waals surface area contributed by atoms with Crippen molar-refractivity contribution in [2.24, 2.45) is 0 Å². The van der Waals surface area contributed by atoms with Gasteiger partial charge in [0.05, 0.1) is 12.8 Å². The molecule has 0 saturated heterocycles. The molecular weight excluding hydrogens is 254 g/mol. The van der Waals surface area contributed by atoms with E-state index in [2.05, 4.69) is 10.3 Å². The van der Waals surface area contributed by atoms with E-state index in [9.17, 15) is 4.79 Å².